The largest absolute Gasteiger partial charge is 0.448 e. The number of aromatic nitrogens is 1. The van der Waals surface area contributed by atoms with Gasteiger partial charge in [-0.2, -0.15) is 0 Å². The van der Waals surface area contributed by atoms with Gasteiger partial charge in [-0.15, -0.1) is 23.1 Å². The number of alkyl halides is 1. The monoisotopic (exact) mass is 1190 g/mol. The Morgan fingerprint density at radius 1 is 0.646 bits per heavy atom. The molecular weight excluding hydrogens is 1130 g/mol. The first-order valence-electron chi connectivity index (χ1n) is 25.7. The second-order valence-corrected chi connectivity index (χ2v) is 21.6. The Kier molecular flexibility index (Phi) is 16.1. The summed E-state index contributed by atoms with van der Waals surface area (Å²) < 4.78 is 7.09. The van der Waals surface area contributed by atoms with E-state index in [2.05, 4.69) is 69.6 Å². The zero-order valence-corrected chi connectivity index (χ0v) is 46.3. The molecule has 11 rings (SSSR count). The number of anilines is 1. The van der Waals surface area contributed by atoms with Crippen molar-refractivity contribution in [2.45, 2.75) is 28.7 Å². The molecule has 8 aromatic carbocycles. The zero-order valence-electron chi connectivity index (χ0n) is 42.5. The number of carbonyl (C=O) groups is 3. The molecule has 1 fully saturated rings. The standard InChI is InChI=1S/C66H52IN5O5S2/c67-43-25-30-48-44-78-62-57(61(74)72(62)58(48)63(75)76-59(46-26-9-1-10-27-46)47-28-11-2-12-29-47)69-60(73)56(71-77-66(52-37-19-6-20-38-52,53-39-21-7-22-40-53)54-41-23-8-24-42-54)55-45-79-64(68-55)70-65(49-31-13-3-14-32-49,50-33-15-4-16-34-50)51-35-17-5-18-36-51/h1-42,45,57,59,62H,43-44H2,(H,68,70)(H,69,73)/b30-25+,71-56-. The van der Waals surface area contributed by atoms with E-state index in [0.29, 0.717) is 20.9 Å². The highest BCUT2D eigenvalue weighted by Crippen LogP contribution is 2.45. The third-order valence-corrected chi connectivity index (χ3v) is 16.6. The Morgan fingerprint density at radius 2 is 1.08 bits per heavy atom. The van der Waals surface area contributed by atoms with E-state index in [0.717, 1.165) is 44.5 Å². The molecule has 1 aromatic heterocycles. The zero-order chi connectivity index (χ0) is 54.0. The number of hydrogen-bond donors (Lipinski definition) is 2. The van der Waals surface area contributed by atoms with Crippen LogP contribution in [0.4, 0.5) is 5.13 Å². The van der Waals surface area contributed by atoms with E-state index >= 15 is 4.79 Å². The lowest BCUT2D eigenvalue weighted by Gasteiger charge is -2.49. The van der Waals surface area contributed by atoms with Crippen molar-refractivity contribution in [2.24, 2.45) is 5.16 Å². The van der Waals surface area contributed by atoms with Crippen LogP contribution >= 0.6 is 45.7 Å². The number of fused-ring (bicyclic) bond motifs is 1. The second-order valence-electron chi connectivity index (χ2n) is 18.7. The van der Waals surface area contributed by atoms with Crippen molar-refractivity contribution in [3.63, 3.8) is 0 Å². The number of carbonyl (C=O) groups excluding carboxylic acids is 3. The minimum absolute atomic E-state index is 0.141. The van der Waals surface area contributed by atoms with Gasteiger partial charge in [-0.25, -0.2) is 9.78 Å². The highest BCUT2D eigenvalue weighted by Gasteiger charge is 2.55. The fraction of sp³-hybridized carbons (Fsp3) is 0.106. The third kappa shape index (κ3) is 10.7. The lowest BCUT2D eigenvalue weighted by Crippen LogP contribution is -2.71. The number of amides is 2. The van der Waals surface area contributed by atoms with E-state index < -0.39 is 46.4 Å². The summed E-state index contributed by atoms with van der Waals surface area (Å²) in [6, 6.07) is 77.9. The van der Waals surface area contributed by atoms with Crippen molar-refractivity contribution in [3.8, 4) is 0 Å². The van der Waals surface area contributed by atoms with Crippen LogP contribution in [0.25, 0.3) is 0 Å². The summed E-state index contributed by atoms with van der Waals surface area (Å²) in [6.07, 6.45) is 3.08. The maximum absolute atomic E-state index is 15.5. The minimum Gasteiger partial charge on any atom is -0.448 e. The number of ether oxygens (including phenoxy) is 1. The van der Waals surface area contributed by atoms with Crippen molar-refractivity contribution in [1.82, 2.24) is 15.2 Å². The lowest BCUT2D eigenvalue weighted by atomic mass is 9.77. The fourth-order valence-electron chi connectivity index (χ4n) is 10.3. The van der Waals surface area contributed by atoms with Crippen LogP contribution in [0.1, 0.15) is 56.3 Å². The molecule has 2 N–H and O–H groups in total. The number of esters is 1. The minimum atomic E-state index is -1.36. The molecule has 0 aliphatic carbocycles. The molecule has 0 saturated carbocycles. The first-order valence-corrected chi connectivity index (χ1v) is 29.2. The van der Waals surface area contributed by atoms with E-state index in [1.54, 1.807) is 5.38 Å². The maximum atomic E-state index is 15.5. The molecule has 0 spiro atoms. The van der Waals surface area contributed by atoms with Crippen molar-refractivity contribution in [1.29, 1.82) is 0 Å². The molecule has 2 atom stereocenters. The normalized spacial score (nSPS) is 15.5. The van der Waals surface area contributed by atoms with Crippen LogP contribution in [-0.4, -0.2) is 55.0 Å². The molecule has 2 amide bonds. The van der Waals surface area contributed by atoms with Gasteiger partial charge in [0.25, 0.3) is 11.8 Å². The summed E-state index contributed by atoms with van der Waals surface area (Å²) >= 11 is 5.01. The van der Waals surface area contributed by atoms with Crippen LogP contribution in [0.3, 0.4) is 0 Å². The van der Waals surface area contributed by atoms with Crippen LogP contribution in [0.15, 0.2) is 277 Å². The van der Waals surface area contributed by atoms with Gasteiger partial charge in [0, 0.05) is 32.3 Å². The Morgan fingerprint density at radius 3 is 1.52 bits per heavy atom. The van der Waals surface area contributed by atoms with Crippen molar-refractivity contribution >= 4 is 74.3 Å². The number of thiazole rings is 1. The van der Waals surface area contributed by atoms with E-state index in [9.17, 15) is 9.59 Å². The Labute approximate surface area is 481 Å². The average Bonchev–Trinajstić information content (AvgIpc) is 4.13. The van der Waals surface area contributed by atoms with Gasteiger partial charge in [0.05, 0.1) is 0 Å². The van der Waals surface area contributed by atoms with Gasteiger partial charge in [-0.1, -0.05) is 283 Å². The number of allylic oxidation sites excluding steroid dienone is 2. The van der Waals surface area contributed by atoms with Gasteiger partial charge in [0.1, 0.15) is 28.3 Å². The van der Waals surface area contributed by atoms with Crippen LogP contribution in [0, 0.1) is 0 Å². The summed E-state index contributed by atoms with van der Waals surface area (Å²) in [5, 5.41) is 13.4. The van der Waals surface area contributed by atoms with Gasteiger partial charge in [-0.05, 0) is 33.4 Å². The molecule has 79 heavy (non-hydrogen) atoms. The number of benzene rings is 8. The molecular formula is C66H52IN5O5S2. The van der Waals surface area contributed by atoms with Gasteiger partial charge >= 0.3 is 5.97 Å². The van der Waals surface area contributed by atoms with Crippen LogP contribution in [-0.2, 0) is 35.1 Å². The number of nitrogens with zero attached hydrogens (tertiary/aromatic N) is 3. The van der Waals surface area contributed by atoms with Crippen molar-refractivity contribution in [2.75, 3.05) is 15.5 Å². The number of rotatable bonds is 19. The predicted octanol–water partition coefficient (Wildman–Crippen LogP) is 13.2. The van der Waals surface area contributed by atoms with Crippen molar-refractivity contribution < 1.29 is 24.0 Å². The summed E-state index contributed by atoms with van der Waals surface area (Å²) in [5.41, 5.74) is 5.30. The maximum Gasteiger partial charge on any atom is 0.356 e. The molecule has 13 heteroatoms. The Balaban J connectivity index is 0.987. The third-order valence-electron chi connectivity index (χ3n) is 14.0. The summed E-state index contributed by atoms with van der Waals surface area (Å²) in [6.45, 7) is 0. The lowest BCUT2D eigenvalue weighted by molar-refractivity contribution is -0.154. The first-order chi connectivity index (χ1) is 38.9. The number of hydrogen-bond acceptors (Lipinski definition) is 10. The number of halogens is 1. The summed E-state index contributed by atoms with van der Waals surface area (Å²) in [4.78, 5) is 58.7. The quantitative estimate of drug-likeness (QED) is 0.0156. The van der Waals surface area contributed by atoms with Crippen LogP contribution < -0.4 is 10.6 Å². The highest BCUT2D eigenvalue weighted by molar-refractivity contribution is 14.1. The first kappa shape index (κ1) is 52.7. The van der Waals surface area contributed by atoms with E-state index in [1.165, 1.54) is 28.0 Å². The molecule has 2 unspecified atom stereocenters. The molecule has 9 aromatic rings. The molecule has 0 bridgehead atoms. The number of nitrogens with one attached hydrogen (secondary N) is 2. The van der Waals surface area contributed by atoms with E-state index in [4.69, 9.17) is 19.7 Å². The topological polar surface area (TPSA) is 122 Å². The number of oxime groups is 1. The average molecular weight is 1190 g/mol. The fourth-order valence-corrected chi connectivity index (χ4v) is 12.6. The molecule has 3 heterocycles. The number of thioether (sulfide) groups is 1. The summed E-state index contributed by atoms with van der Waals surface area (Å²) in [5.74, 6) is -1.44. The highest BCUT2D eigenvalue weighted by atomic mass is 127. The predicted molar refractivity (Wildman–Crippen MR) is 323 cm³/mol. The van der Waals surface area contributed by atoms with E-state index in [-0.39, 0.29) is 17.1 Å². The van der Waals surface area contributed by atoms with Gasteiger partial charge in [-0.3, -0.25) is 14.5 Å². The summed E-state index contributed by atoms with van der Waals surface area (Å²) in [7, 11) is 0. The van der Waals surface area contributed by atoms with Gasteiger partial charge < -0.3 is 20.2 Å². The molecule has 390 valence electrons. The molecule has 0 radical (unpaired) electrons. The number of β-lactam (4-membered cyclic amide) rings is 1. The Bertz CT molecular complexity index is 3400. The SMILES string of the molecule is O=C(OC(c1ccccc1)c1ccccc1)C1=C(/C=C/CI)CSC2C(NC(=O)/C(=N\OC(c3ccccc3)(c3ccccc3)c3ccccc3)c3csc(NC(c4ccccc4)(c4ccccc4)c4ccccc4)n3)C(=O)N12. The van der Waals surface area contributed by atoms with Crippen LogP contribution in [0.5, 0.6) is 0 Å². The van der Waals surface area contributed by atoms with Crippen molar-refractivity contribution in [3.05, 3.63) is 322 Å². The second kappa shape index (κ2) is 24.1. The van der Waals surface area contributed by atoms with E-state index in [1.807, 2.05) is 218 Å². The molecule has 10 nitrogen and oxygen atoms in total. The van der Waals surface area contributed by atoms with Gasteiger partial charge in [0.15, 0.2) is 16.9 Å². The smallest absolute Gasteiger partial charge is 0.356 e. The molecule has 1 saturated heterocycles. The van der Waals surface area contributed by atoms with Crippen LogP contribution in [0.2, 0.25) is 0 Å². The molecule has 2 aliphatic heterocycles. The Hall–Kier alpha value is -8.37. The van der Waals surface area contributed by atoms with Gasteiger partial charge in [0.2, 0.25) is 5.60 Å². The molecule has 2 aliphatic rings.